The smallest absolute Gasteiger partial charge is 0.122 e. The highest BCUT2D eigenvalue weighted by molar-refractivity contribution is 5.43. The van der Waals surface area contributed by atoms with Crippen molar-refractivity contribution in [3.63, 3.8) is 0 Å². The summed E-state index contributed by atoms with van der Waals surface area (Å²) in [7, 11) is 0. The van der Waals surface area contributed by atoms with E-state index >= 15 is 0 Å². The van der Waals surface area contributed by atoms with Crippen LogP contribution in [0.2, 0.25) is 0 Å². The molecule has 1 aromatic carbocycles. The Morgan fingerprint density at radius 2 is 2.09 bits per heavy atom. The quantitative estimate of drug-likeness (QED) is 0.944. The highest BCUT2D eigenvalue weighted by Gasteiger charge is 2.23. The summed E-state index contributed by atoms with van der Waals surface area (Å²) >= 11 is 0. The van der Waals surface area contributed by atoms with Crippen LogP contribution in [-0.2, 0) is 6.42 Å². The highest BCUT2D eigenvalue weighted by Crippen LogP contribution is 2.31. The van der Waals surface area contributed by atoms with Crippen LogP contribution < -0.4 is 9.64 Å². The fraction of sp³-hybridized carbons (Fsp3) is 0.471. The lowest BCUT2D eigenvalue weighted by molar-refractivity contribution is 0.198. The average Bonchev–Trinajstić information content (AvgIpc) is 3.25. The lowest BCUT2D eigenvalue weighted by Crippen LogP contribution is -2.47. The van der Waals surface area contributed by atoms with Crippen LogP contribution in [0.25, 0.3) is 0 Å². The fourth-order valence-corrected chi connectivity index (χ4v) is 3.44. The van der Waals surface area contributed by atoms with Crippen LogP contribution in [0.15, 0.2) is 30.6 Å². The minimum atomic E-state index is 0.431. The molecule has 0 bridgehead atoms. The fourth-order valence-electron chi connectivity index (χ4n) is 3.44. The first-order chi connectivity index (χ1) is 10.8. The van der Waals surface area contributed by atoms with E-state index in [-0.39, 0.29) is 0 Å². The van der Waals surface area contributed by atoms with Gasteiger partial charge in [0, 0.05) is 44.8 Å². The largest absolute Gasteiger partial charge is 0.493 e. The van der Waals surface area contributed by atoms with Crippen LogP contribution in [0.3, 0.4) is 0 Å². The summed E-state index contributed by atoms with van der Waals surface area (Å²) in [4.78, 5) is 4.94. The number of aromatic amines is 1. The van der Waals surface area contributed by atoms with Crippen LogP contribution in [-0.4, -0.2) is 47.9 Å². The number of piperazine rings is 1. The van der Waals surface area contributed by atoms with E-state index in [0.717, 1.165) is 45.0 Å². The Morgan fingerprint density at radius 3 is 2.86 bits per heavy atom. The van der Waals surface area contributed by atoms with E-state index in [2.05, 4.69) is 45.1 Å². The molecule has 4 rings (SSSR count). The molecule has 0 radical (unpaired) electrons. The molecule has 0 saturated carbocycles. The number of H-pyrrole nitrogens is 1. The number of benzene rings is 1. The molecule has 3 heterocycles. The SMILES string of the molecule is CC(c1ccc2c(c1)OCC2)N1CCN(c2cn[nH]c2)CC1. The summed E-state index contributed by atoms with van der Waals surface area (Å²) < 4.78 is 5.71. The second-order valence-electron chi connectivity index (χ2n) is 6.12. The maximum Gasteiger partial charge on any atom is 0.122 e. The van der Waals surface area contributed by atoms with Gasteiger partial charge in [0.1, 0.15) is 5.75 Å². The van der Waals surface area contributed by atoms with Gasteiger partial charge in [-0.25, -0.2) is 0 Å². The summed E-state index contributed by atoms with van der Waals surface area (Å²) in [5, 5.41) is 6.93. The third-order valence-electron chi connectivity index (χ3n) is 4.91. The summed E-state index contributed by atoms with van der Waals surface area (Å²) in [5.74, 6) is 1.08. The van der Waals surface area contributed by atoms with Gasteiger partial charge in [-0.15, -0.1) is 0 Å². The molecular weight excluding hydrogens is 276 g/mol. The van der Waals surface area contributed by atoms with Gasteiger partial charge in [0.25, 0.3) is 0 Å². The van der Waals surface area contributed by atoms with Crippen molar-refractivity contribution < 1.29 is 4.74 Å². The summed E-state index contributed by atoms with van der Waals surface area (Å²) in [6, 6.07) is 7.16. The molecular formula is C17H22N4O. The molecule has 5 heteroatoms. The maximum absolute atomic E-state index is 5.71. The monoisotopic (exact) mass is 298 g/mol. The first-order valence-electron chi connectivity index (χ1n) is 8.04. The topological polar surface area (TPSA) is 44.4 Å². The van der Waals surface area contributed by atoms with Crippen molar-refractivity contribution >= 4 is 5.69 Å². The van der Waals surface area contributed by atoms with Crippen molar-refractivity contribution in [2.45, 2.75) is 19.4 Å². The summed E-state index contributed by atoms with van der Waals surface area (Å²) in [5.41, 5.74) is 3.90. The number of hydrogen-bond donors (Lipinski definition) is 1. The average molecular weight is 298 g/mol. The molecule has 1 aromatic heterocycles. The first kappa shape index (κ1) is 13.6. The normalized spacial score (nSPS) is 19.8. The molecule has 1 atom stereocenters. The second kappa shape index (κ2) is 5.65. The number of fused-ring (bicyclic) bond motifs is 1. The molecule has 1 fully saturated rings. The third kappa shape index (κ3) is 2.46. The van der Waals surface area contributed by atoms with Crippen molar-refractivity contribution in [3.8, 4) is 5.75 Å². The molecule has 5 nitrogen and oxygen atoms in total. The zero-order chi connectivity index (χ0) is 14.9. The Kier molecular flexibility index (Phi) is 3.50. The first-order valence-corrected chi connectivity index (χ1v) is 8.04. The zero-order valence-corrected chi connectivity index (χ0v) is 13.0. The number of nitrogens with one attached hydrogen (secondary N) is 1. The van der Waals surface area contributed by atoms with Crippen LogP contribution in [0.1, 0.15) is 24.1 Å². The van der Waals surface area contributed by atoms with E-state index in [0.29, 0.717) is 6.04 Å². The van der Waals surface area contributed by atoms with Crippen molar-refractivity contribution in [1.82, 2.24) is 15.1 Å². The standard InChI is InChI=1S/C17H22N4O/c1-13(15-3-2-14-4-9-22-17(14)10-15)20-5-7-21(8-6-20)16-11-18-19-12-16/h2-3,10-13H,4-9H2,1H3,(H,18,19). The number of aromatic nitrogens is 2. The van der Waals surface area contributed by atoms with Gasteiger partial charge in [-0.3, -0.25) is 10.00 Å². The Morgan fingerprint density at radius 1 is 1.23 bits per heavy atom. The van der Waals surface area contributed by atoms with E-state index in [1.165, 1.54) is 16.8 Å². The third-order valence-corrected chi connectivity index (χ3v) is 4.91. The van der Waals surface area contributed by atoms with Crippen LogP contribution in [0, 0.1) is 0 Å². The van der Waals surface area contributed by atoms with E-state index < -0.39 is 0 Å². The van der Waals surface area contributed by atoms with Crippen LogP contribution in [0.4, 0.5) is 5.69 Å². The molecule has 116 valence electrons. The number of ether oxygens (including phenoxy) is 1. The molecule has 0 amide bonds. The number of anilines is 1. The van der Waals surface area contributed by atoms with Gasteiger partial charge < -0.3 is 9.64 Å². The molecule has 1 unspecified atom stereocenters. The van der Waals surface area contributed by atoms with Gasteiger partial charge in [0.2, 0.25) is 0 Å². The van der Waals surface area contributed by atoms with Gasteiger partial charge >= 0.3 is 0 Å². The van der Waals surface area contributed by atoms with Gasteiger partial charge in [-0.2, -0.15) is 5.10 Å². The molecule has 22 heavy (non-hydrogen) atoms. The highest BCUT2D eigenvalue weighted by atomic mass is 16.5. The Balaban J connectivity index is 1.42. The van der Waals surface area contributed by atoms with E-state index in [9.17, 15) is 0 Å². The van der Waals surface area contributed by atoms with Crippen LogP contribution in [0.5, 0.6) is 5.75 Å². The lowest BCUT2D eigenvalue weighted by Gasteiger charge is -2.38. The minimum absolute atomic E-state index is 0.431. The van der Waals surface area contributed by atoms with Gasteiger partial charge in [-0.05, 0) is 24.1 Å². The molecule has 1 N–H and O–H groups in total. The van der Waals surface area contributed by atoms with Gasteiger partial charge in [-0.1, -0.05) is 12.1 Å². The van der Waals surface area contributed by atoms with E-state index in [1.54, 1.807) is 0 Å². The molecule has 0 aliphatic carbocycles. The molecule has 2 aliphatic heterocycles. The molecule has 0 spiro atoms. The number of hydrogen-bond acceptors (Lipinski definition) is 4. The van der Waals surface area contributed by atoms with Crippen molar-refractivity contribution in [2.24, 2.45) is 0 Å². The molecule has 2 aliphatic rings. The van der Waals surface area contributed by atoms with E-state index in [4.69, 9.17) is 4.74 Å². The number of rotatable bonds is 3. The minimum Gasteiger partial charge on any atom is -0.493 e. The van der Waals surface area contributed by atoms with E-state index in [1.807, 2.05) is 12.4 Å². The van der Waals surface area contributed by atoms with Gasteiger partial charge in [0.15, 0.2) is 0 Å². The zero-order valence-electron chi connectivity index (χ0n) is 13.0. The molecule has 1 saturated heterocycles. The van der Waals surface area contributed by atoms with Crippen molar-refractivity contribution in [1.29, 1.82) is 0 Å². The van der Waals surface area contributed by atoms with Crippen molar-refractivity contribution in [2.75, 3.05) is 37.7 Å². The molecule has 2 aromatic rings. The summed E-state index contributed by atoms with van der Waals surface area (Å²) in [6.45, 7) is 7.37. The van der Waals surface area contributed by atoms with Gasteiger partial charge in [0.05, 0.1) is 18.5 Å². The Bertz CT molecular complexity index is 632. The second-order valence-corrected chi connectivity index (χ2v) is 6.12. The number of nitrogens with zero attached hydrogens (tertiary/aromatic N) is 3. The van der Waals surface area contributed by atoms with Crippen LogP contribution >= 0.6 is 0 Å². The predicted molar refractivity (Wildman–Crippen MR) is 86.4 cm³/mol. The lowest BCUT2D eigenvalue weighted by atomic mass is 10.0. The van der Waals surface area contributed by atoms with Crippen molar-refractivity contribution in [3.05, 3.63) is 41.7 Å². The Labute approximate surface area is 130 Å². The Hall–Kier alpha value is -2.01. The summed E-state index contributed by atoms with van der Waals surface area (Å²) in [6.07, 6.45) is 4.92. The predicted octanol–water partition coefficient (Wildman–Crippen LogP) is 2.23. The maximum atomic E-state index is 5.71.